The van der Waals surface area contributed by atoms with Crippen LogP contribution in [0.4, 0.5) is 0 Å². The minimum Gasteiger partial charge on any atom is -0.508 e. The number of nitrogens with two attached hydrogens (primary N) is 1. The van der Waals surface area contributed by atoms with Gasteiger partial charge in [-0.15, -0.1) is 0 Å². The molecule has 6 amide bonds. The summed E-state index contributed by atoms with van der Waals surface area (Å²) in [5.41, 5.74) is 6.86. The summed E-state index contributed by atoms with van der Waals surface area (Å²) < 4.78 is 0. The second-order valence-electron chi connectivity index (χ2n) is 15.2. The predicted octanol–water partition coefficient (Wildman–Crippen LogP) is 2.36. The minimum absolute atomic E-state index is 0.00638. The van der Waals surface area contributed by atoms with Crippen LogP contribution in [0.15, 0.2) is 54.6 Å². The normalized spacial score (nSPS) is 14.1. The lowest BCUT2D eigenvalue weighted by molar-refractivity contribution is -0.142. The van der Waals surface area contributed by atoms with Crippen LogP contribution in [0.1, 0.15) is 103 Å². The molecule has 0 saturated carbocycles. The molecule has 0 aliphatic rings. The zero-order chi connectivity index (χ0) is 43.7. The number of aliphatic carboxylic acids is 1. The second-order valence-corrected chi connectivity index (χ2v) is 15.2. The Hall–Kier alpha value is -5.51. The third kappa shape index (κ3) is 18.7. The van der Waals surface area contributed by atoms with Gasteiger partial charge in [-0.25, -0.2) is 4.79 Å². The number of phenols is 1. The Bertz CT molecular complexity index is 1620. The molecule has 59 heavy (non-hydrogen) atoms. The van der Waals surface area contributed by atoms with E-state index in [0.29, 0.717) is 62.6 Å². The van der Waals surface area contributed by atoms with Crippen molar-refractivity contribution in [2.24, 2.45) is 11.7 Å². The van der Waals surface area contributed by atoms with E-state index in [4.69, 9.17) is 5.73 Å². The molecular weight excluding hydrogens is 759 g/mol. The maximum absolute atomic E-state index is 14.2. The van der Waals surface area contributed by atoms with Crippen LogP contribution in [-0.2, 0) is 46.4 Å². The van der Waals surface area contributed by atoms with Gasteiger partial charge in [0.25, 0.3) is 0 Å². The number of benzene rings is 2. The molecule has 10 N–H and O–H groups in total. The second kappa shape index (κ2) is 27.2. The van der Waals surface area contributed by atoms with Crippen molar-refractivity contribution in [1.82, 2.24) is 31.9 Å². The van der Waals surface area contributed by atoms with Crippen molar-refractivity contribution in [3.8, 4) is 5.75 Å². The van der Waals surface area contributed by atoms with Crippen LogP contribution in [0, 0.1) is 5.92 Å². The smallest absolute Gasteiger partial charge is 0.326 e. The van der Waals surface area contributed by atoms with E-state index in [-0.39, 0.29) is 43.8 Å². The van der Waals surface area contributed by atoms with Gasteiger partial charge in [0.1, 0.15) is 42.0 Å². The van der Waals surface area contributed by atoms with Crippen molar-refractivity contribution in [3.05, 3.63) is 65.7 Å². The number of amides is 6. The average molecular weight is 824 g/mol. The minimum atomic E-state index is -1.26. The average Bonchev–Trinajstić information content (AvgIpc) is 3.20. The first kappa shape index (κ1) is 49.6. The molecule has 0 aliphatic heterocycles. The third-order valence-corrected chi connectivity index (χ3v) is 9.74. The number of hydrogen-bond donors (Lipinski definition) is 9. The molecule has 0 radical (unpaired) electrons. The van der Waals surface area contributed by atoms with E-state index >= 15 is 0 Å². The first-order valence-electron chi connectivity index (χ1n) is 20.7. The molecule has 0 saturated heterocycles. The molecule has 16 nitrogen and oxygen atoms in total. The molecule has 326 valence electrons. The summed E-state index contributed by atoms with van der Waals surface area (Å²) in [5, 5.41) is 35.8. The molecule has 0 fully saturated rings. The molecule has 0 aromatic heterocycles. The molecule has 2 rings (SSSR count). The fourth-order valence-corrected chi connectivity index (χ4v) is 6.41. The van der Waals surface area contributed by atoms with E-state index in [9.17, 15) is 43.8 Å². The number of carbonyl (C=O) groups is 7. The molecule has 0 heterocycles. The monoisotopic (exact) mass is 823 g/mol. The lowest BCUT2D eigenvalue weighted by Gasteiger charge is -2.28. The Morgan fingerprint density at radius 1 is 0.593 bits per heavy atom. The zero-order valence-corrected chi connectivity index (χ0v) is 34.8. The van der Waals surface area contributed by atoms with Crippen molar-refractivity contribution < 1.29 is 43.8 Å². The van der Waals surface area contributed by atoms with E-state index in [1.165, 1.54) is 12.1 Å². The number of hydrogen-bond acceptors (Lipinski definition) is 9. The van der Waals surface area contributed by atoms with Gasteiger partial charge < -0.3 is 47.8 Å². The Morgan fingerprint density at radius 3 is 1.54 bits per heavy atom. The van der Waals surface area contributed by atoms with E-state index in [1.807, 2.05) is 33.8 Å². The lowest BCUT2D eigenvalue weighted by Crippen LogP contribution is -2.60. The Kier molecular flexibility index (Phi) is 22.9. The van der Waals surface area contributed by atoms with E-state index in [0.717, 1.165) is 6.42 Å². The fourth-order valence-electron chi connectivity index (χ4n) is 6.41. The Morgan fingerprint density at radius 2 is 1.03 bits per heavy atom. The zero-order valence-electron chi connectivity index (χ0n) is 34.8. The van der Waals surface area contributed by atoms with E-state index in [2.05, 4.69) is 31.9 Å². The molecule has 0 spiro atoms. The van der Waals surface area contributed by atoms with E-state index in [1.54, 1.807) is 36.4 Å². The summed E-state index contributed by atoms with van der Waals surface area (Å²) >= 11 is 0. The highest BCUT2D eigenvalue weighted by molar-refractivity contribution is 5.96. The van der Waals surface area contributed by atoms with Gasteiger partial charge in [-0.05, 0) is 74.2 Å². The molecular formula is C43H65N7O9. The summed E-state index contributed by atoms with van der Waals surface area (Å²) in [6.07, 6.45) is 5.01. The quantitative estimate of drug-likeness (QED) is 0.0428. The summed E-state index contributed by atoms with van der Waals surface area (Å²) in [6.45, 7) is 7.99. The molecule has 2 aromatic rings. The number of phenolic OH excluding ortho intramolecular Hbond substituents is 1. The summed E-state index contributed by atoms with van der Waals surface area (Å²) in [6, 6.07) is 8.21. The Balaban J connectivity index is 2.42. The van der Waals surface area contributed by atoms with Crippen LogP contribution in [0.5, 0.6) is 5.75 Å². The predicted molar refractivity (Wildman–Crippen MR) is 224 cm³/mol. The van der Waals surface area contributed by atoms with Crippen LogP contribution in [0.3, 0.4) is 0 Å². The number of carboxylic acids is 1. The van der Waals surface area contributed by atoms with Gasteiger partial charge in [0.2, 0.25) is 35.9 Å². The lowest BCUT2D eigenvalue weighted by atomic mass is 9.99. The standard InChI is InChI=1S/C43H65N7O9/c1-5-7-16-32(45-27-51)38(53)48-35(24-28(3)4)40(55)50-36(25-29-14-10-9-11-15-29)41(56)46-33(17-8-6-2)39(54)49-37(26-30-19-21-31(52)22-20-30)42(57)47-34(43(58)59)18-12-13-23-44/h9-11,14-15,19-22,27-28,32-37,52H,5-8,12-13,16-18,23-26,44H2,1-4H3,(H,45,51)(H,46,56)(H,47,57)(H,48,53)(H,49,54)(H,50,55)(H,58,59). The highest BCUT2D eigenvalue weighted by Crippen LogP contribution is 2.14. The molecule has 2 aromatic carbocycles. The van der Waals surface area contributed by atoms with Gasteiger partial charge in [0, 0.05) is 12.8 Å². The van der Waals surface area contributed by atoms with Gasteiger partial charge in [-0.2, -0.15) is 0 Å². The molecule has 16 heteroatoms. The van der Waals surface area contributed by atoms with Crippen LogP contribution in [-0.4, -0.2) is 94.9 Å². The molecule has 6 atom stereocenters. The number of carboxylic acid groups (broad SMARTS) is 1. The van der Waals surface area contributed by atoms with Gasteiger partial charge in [0.15, 0.2) is 0 Å². The topological polar surface area (TPSA) is 258 Å². The van der Waals surface area contributed by atoms with Gasteiger partial charge >= 0.3 is 5.97 Å². The highest BCUT2D eigenvalue weighted by atomic mass is 16.4. The van der Waals surface area contributed by atoms with Crippen LogP contribution >= 0.6 is 0 Å². The number of carbonyl (C=O) groups excluding carboxylic acids is 6. The number of rotatable bonds is 29. The van der Waals surface area contributed by atoms with Crippen LogP contribution in [0.25, 0.3) is 0 Å². The van der Waals surface area contributed by atoms with Crippen molar-refractivity contribution >= 4 is 41.9 Å². The fraction of sp³-hybridized carbons (Fsp3) is 0.558. The van der Waals surface area contributed by atoms with Crippen molar-refractivity contribution in [2.75, 3.05) is 6.54 Å². The molecule has 0 bridgehead atoms. The number of nitrogens with one attached hydrogen (secondary N) is 6. The summed E-state index contributed by atoms with van der Waals surface area (Å²) in [7, 11) is 0. The molecule has 0 aliphatic carbocycles. The first-order chi connectivity index (χ1) is 28.2. The summed E-state index contributed by atoms with van der Waals surface area (Å²) in [5.74, 6) is -4.56. The maximum Gasteiger partial charge on any atom is 0.326 e. The van der Waals surface area contributed by atoms with Gasteiger partial charge in [-0.1, -0.05) is 95.8 Å². The maximum atomic E-state index is 14.2. The SMILES string of the molecule is CCCCC(NC=O)C(=O)NC(CC(C)C)C(=O)NC(Cc1ccccc1)C(=O)NC(CCCC)C(=O)NC(Cc1ccc(O)cc1)C(=O)NC(CCCCN)C(=O)O. The highest BCUT2D eigenvalue weighted by Gasteiger charge is 2.33. The largest absolute Gasteiger partial charge is 0.508 e. The van der Waals surface area contributed by atoms with E-state index < -0.39 is 71.8 Å². The molecule has 6 unspecified atom stereocenters. The first-order valence-corrected chi connectivity index (χ1v) is 20.7. The van der Waals surface area contributed by atoms with Crippen LogP contribution < -0.4 is 37.6 Å². The number of unbranched alkanes of at least 4 members (excludes halogenated alkanes) is 3. The Labute approximate surface area is 347 Å². The van der Waals surface area contributed by atoms with Gasteiger partial charge in [0.05, 0.1) is 0 Å². The van der Waals surface area contributed by atoms with Crippen molar-refractivity contribution in [3.63, 3.8) is 0 Å². The van der Waals surface area contributed by atoms with Crippen molar-refractivity contribution in [2.45, 2.75) is 141 Å². The van der Waals surface area contributed by atoms with Crippen LogP contribution in [0.2, 0.25) is 0 Å². The number of aromatic hydroxyl groups is 1. The summed E-state index contributed by atoms with van der Waals surface area (Å²) in [4.78, 5) is 92.5. The van der Waals surface area contributed by atoms with Crippen molar-refractivity contribution in [1.29, 1.82) is 0 Å². The van der Waals surface area contributed by atoms with Gasteiger partial charge in [-0.3, -0.25) is 28.8 Å². The third-order valence-electron chi connectivity index (χ3n) is 9.74.